The maximum Gasteiger partial charge on any atom is 0.223 e. The van der Waals surface area contributed by atoms with Gasteiger partial charge in [-0.2, -0.15) is 0 Å². The Morgan fingerprint density at radius 2 is 1.96 bits per heavy atom. The van der Waals surface area contributed by atoms with E-state index in [0.29, 0.717) is 5.41 Å². The van der Waals surface area contributed by atoms with Gasteiger partial charge in [0.25, 0.3) is 0 Å². The zero-order valence-corrected chi connectivity index (χ0v) is 18.6. The smallest absolute Gasteiger partial charge is 0.223 e. The molecule has 0 aromatic carbocycles. The van der Waals surface area contributed by atoms with Gasteiger partial charge in [-0.15, -0.1) is 24.0 Å². The molecule has 1 amide bonds. The molecule has 146 valence electrons. The normalized spacial score (nSPS) is 24.3. The molecule has 2 rings (SSSR count). The van der Waals surface area contributed by atoms with Gasteiger partial charge in [-0.05, 0) is 43.9 Å². The second-order valence-corrected chi connectivity index (χ2v) is 7.83. The lowest BCUT2D eigenvalue weighted by Gasteiger charge is -2.42. The minimum Gasteiger partial charge on any atom is -0.356 e. The van der Waals surface area contributed by atoms with E-state index in [2.05, 4.69) is 34.4 Å². The summed E-state index contributed by atoms with van der Waals surface area (Å²) in [7, 11) is 1.87. The van der Waals surface area contributed by atoms with Crippen molar-refractivity contribution in [1.82, 2.24) is 15.5 Å². The maximum atomic E-state index is 11.8. The number of nitrogens with one attached hydrogen (secondary N) is 2. The van der Waals surface area contributed by atoms with Crippen LogP contribution >= 0.6 is 24.0 Å². The molecule has 2 fully saturated rings. The number of rotatable bonds is 7. The van der Waals surface area contributed by atoms with E-state index in [4.69, 9.17) is 0 Å². The van der Waals surface area contributed by atoms with Gasteiger partial charge in [0.05, 0.1) is 0 Å². The van der Waals surface area contributed by atoms with Crippen LogP contribution in [0.2, 0.25) is 0 Å². The highest BCUT2D eigenvalue weighted by Crippen LogP contribution is 2.33. The quantitative estimate of drug-likeness (QED) is 0.263. The van der Waals surface area contributed by atoms with E-state index < -0.39 is 0 Å². The predicted octanol–water partition coefficient (Wildman–Crippen LogP) is 3.39. The lowest BCUT2D eigenvalue weighted by atomic mass is 9.78. The summed E-state index contributed by atoms with van der Waals surface area (Å²) in [6.07, 6.45) is 9.39. The predicted molar refractivity (Wildman–Crippen MR) is 116 cm³/mol. The Hall–Kier alpha value is -0.530. The number of halogens is 1. The molecule has 0 bridgehead atoms. The standard InChI is InChI=1S/C19H36N4O.HI/c1-4-10-19(2)11-6-14-23(15-19)18(20-3)22-13-7-12-21-17(24)16-8-5-9-16;/h16H,4-15H2,1-3H3,(H,20,22)(H,21,24);1H. The second kappa shape index (κ2) is 11.2. The van der Waals surface area contributed by atoms with Crippen molar-refractivity contribution in [2.45, 2.75) is 65.2 Å². The van der Waals surface area contributed by atoms with E-state index in [-0.39, 0.29) is 35.8 Å². The molecular weight excluding hydrogens is 427 g/mol. The largest absolute Gasteiger partial charge is 0.356 e. The molecule has 1 saturated carbocycles. The van der Waals surface area contributed by atoms with Crippen molar-refractivity contribution < 1.29 is 4.79 Å². The summed E-state index contributed by atoms with van der Waals surface area (Å²) in [6, 6.07) is 0. The zero-order chi connectivity index (χ0) is 17.4. The number of guanidine groups is 1. The monoisotopic (exact) mass is 464 g/mol. The zero-order valence-electron chi connectivity index (χ0n) is 16.3. The number of piperidine rings is 1. The first kappa shape index (κ1) is 22.5. The summed E-state index contributed by atoms with van der Waals surface area (Å²) in [6.45, 7) is 8.49. The second-order valence-electron chi connectivity index (χ2n) is 7.83. The summed E-state index contributed by atoms with van der Waals surface area (Å²) in [4.78, 5) is 18.7. The molecule has 2 aliphatic rings. The van der Waals surface area contributed by atoms with Gasteiger partial charge in [-0.1, -0.05) is 26.7 Å². The van der Waals surface area contributed by atoms with Gasteiger partial charge in [-0.3, -0.25) is 9.79 Å². The number of hydrogen-bond acceptors (Lipinski definition) is 2. The fourth-order valence-electron chi connectivity index (χ4n) is 3.95. The third kappa shape index (κ3) is 6.94. The molecule has 2 N–H and O–H groups in total. The first-order chi connectivity index (χ1) is 11.6. The van der Waals surface area contributed by atoms with E-state index in [1.165, 1.54) is 32.1 Å². The molecule has 0 aromatic heterocycles. The number of likely N-dealkylation sites (tertiary alicyclic amines) is 1. The van der Waals surface area contributed by atoms with Crippen molar-refractivity contribution >= 4 is 35.8 Å². The summed E-state index contributed by atoms with van der Waals surface area (Å²) < 4.78 is 0. The summed E-state index contributed by atoms with van der Waals surface area (Å²) >= 11 is 0. The van der Waals surface area contributed by atoms with Crippen LogP contribution in [-0.4, -0.2) is 50.0 Å². The van der Waals surface area contributed by atoms with Crippen molar-refractivity contribution in [2.24, 2.45) is 16.3 Å². The van der Waals surface area contributed by atoms with Crippen LogP contribution in [-0.2, 0) is 4.79 Å². The lowest BCUT2D eigenvalue weighted by molar-refractivity contribution is -0.127. The Bertz CT molecular complexity index is 435. The van der Waals surface area contributed by atoms with E-state index in [0.717, 1.165) is 51.4 Å². The molecule has 1 atom stereocenters. The van der Waals surface area contributed by atoms with E-state index in [1.54, 1.807) is 0 Å². The van der Waals surface area contributed by atoms with Gasteiger partial charge >= 0.3 is 0 Å². The fraction of sp³-hybridized carbons (Fsp3) is 0.895. The van der Waals surface area contributed by atoms with Crippen molar-refractivity contribution in [1.29, 1.82) is 0 Å². The van der Waals surface area contributed by atoms with Gasteiger partial charge in [-0.25, -0.2) is 0 Å². The Kier molecular flexibility index (Phi) is 10.1. The van der Waals surface area contributed by atoms with Crippen LogP contribution < -0.4 is 10.6 Å². The van der Waals surface area contributed by atoms with E-state index >= 15 is 0 Å². The molecule has 1 heterocycles. The van der Waals surface area contributed by atoms with Crippen LogP contribution in [0.1, 0.15) is 65.2 Å². The van der Waals surface area contributed by atoms with Crippen molar-refractivity contribution in [3.8, 4) is 0 Å². The van der Waals surface area contributed by atoms with E-state index in [9.17, 15) is 4.79 Å². The van der Waals surface area contributed by atoms with Gasteiger partial charge in [0.2, 0.25) is 5.91 Å². The van der Waals surface area contributed by atoms with Gasteiger partial charge in [0.1, 0.15) is 0 Å². The summed E-state index contributed by atoms with van der Waals surface area (Å²) in [5, 5.41) is 6.53. The van der Waals surface area contributed by atoms with Crippen molar-refractivity contribution in [2.75, 3.05) is 33.2 Å². The molecule has 1 aliphatic heterocycles. The van der Waals surface area contributed by atoms with E-state index in [1.807, 2.05) is 7.05 Å². The third-order valence-electron chi connectivity index (χ3n) is 5.56. The SMILES string of the molecule is CCCC1(C)CCCN(C(=NC)NCCCNC(=O)C2CCC2)C1.I. The lowest BCUT2D eigenvalue weighted by Crippen LogP contribution is -2.50. The van der Waals surface area contributed by atoms with Crippen LogP contribution in [0.3, 0.4) is 0 Å². The number of carbonyl (C=O) groups is 1. The highest BCUT2D eigenvalue weighted by atomic mass is 127. The number of nitrogens with zero attached hydrogens (tertiary/aromatic N) is 2. The Labute approximate surface area is 170 Å². The Morgan fingerprint density at radius 1 is 1.24 bits per heavy atom. The molecule has 6 heteroatoms. The molecule has 1 saturated heterocycles. The summed E-state index contributed by atoms with van der Waals surface area (Å²) in [5.41, 5.74) is 0.418. The number of amides is 1. The van der Waals surface area contributed by atoms with Gasteiger partial charge in [0, 0.05) is 39.1 Å². The molecule has 0 radical (unpaired) electrons. The third-order valence-corrected chi connectivity index (χ3v) is 5.56. The molecular formula is C19H37IN4O. The molecule has 1 aliphatic carbocycles. The topological polar surface area (TPSA) is 56.7 Å². The number of aliphatic imine (C=N–C) groups is 1. The van der Waals surface area contributed by atoms with Crippen LogP contribution in [0, 0.1) is 11.3 Å². The minimum absolute atomic E-state index is 0. The first-order valence-corrected chi connectivity index (χ1v) is 9.81. The molecule has 25 heavy (non-hydrogen) atoms. The average Bonchev–Trinajstić information content (AvgIpc) is 2.49. The van der Waals surface area contributed by atoms with Gasteiger partial charge < -0.3 is 15.5 Å². The summed E-state index contributed by atoms with van der Waals surface area (Å²) in [5.74, 6) is 1.55. The molecule has 5 nitrogen and oxygen atoms in total. The Balaban J connectivity index is 0.00000312. The van der Waals surface area contributed by atoms with Crippen molar-refractivity contribution in [3.63, 3.8) is 0 Å². The highest BCUT2D eigenvalue weighted by molar-refractivity contribution is 14.0. The Morgan fingerprint density at radius 3 is 2.56 bits per heavy atom. The highest BCUT2D eigenvalue weighted by Gasteiger charge is 2.31. The minimum atomic E-state index is 0. The molecule has 0 spiro atoms. The van der Waals surface area contributed by atoms with Crippen LogP contribution in [0.4, 0.5) is 0 Å². The van der Waals surface area contributed by atoms with Crippen molar-refractivity contribution in [3.05, 3.63) is 0 Å². The number of carbonyl (C=O) groups excluding carboxylic acids is 1. The fourth-order valence-corrected chi connectivity index (χ4v) is 3.95. The van der Waals surface area contributed by atoms with Crippen LogP contribution in [0.5, 0.6) is 0 Å². The van der Waals surface area contributed by atoms with Crippen LogP contribution in [0.15, 0.2) is 4.99 Å². The van der Waals surface area contributed by atoms with Gasteiger partial charge in [0.15, 0.2) is 5.96 Å². The van der Waals surface area contributed by atoms with Crippen LogP contribution in [0.25, 0.3) is 0 Å². The molecule has 1 unspecified atom stereocenters. The average molecular weight is 464 g/mol. The number of hydrogen-bond donors (Lipinski definition) is 2. The maximum absolute atomic E-state index is 11.8. The molecule has 0 aromatic rings. The first-order valence-electron chi connectivity index (χ1n) is 9.81.